The van der Waals surface area contributed by atoms with Crippen molar-refractivity contribution >= 4 is 5.69 Å². The molecule has 0 saturated carbocycles. The van der Waals surface area contributed by atoms with Gasteiger partial charge in [0.05, 0.1) is 18.2 Å². The molecule has 0 spiro atoms. The molecule has 0 amide bonds. The van der Waals surface area contributed by atoms with E-state index in [2.05, 4.69) is 207 Å². The zero-order valence-electron chi connectivity index (χ0n) is 41.1. The van der Waals surface area contributed by atoms with Gasteiger partial charge in [-0.25, -0.2) is 4.85 Å². The zero-order valence-corrected chi connectivity index (χ0v) is 41.1. The van der Waals surface area contributed by atoms with Crippen LogP contribution in [0.15, 0.2) is 146 Å². The Morgan fingerprint density at radius 3 is 0.729 bits per heavy atom. The van der Waals surface area contributed by atoms with Crippen molar-refractivity contribution in [2.45, 2.75) is 79.1 Å². The second-order valence-corrected chi connectivity index (χ2v) is 21.1. The summed E-state index contributed by atoms with van der Waals surface area (Å²) in [5.74, 6) is -1.10. The molecule has 334 valence electrons. The molecule has 0 fully saturated rings. The van der Waals surface area contributed by atoms with Crippen LogP contribution in [-0.4, -0.2) is 0 Å². The van der Waals surface area contributed by atoms with Crippen molar-refractivity contribution in [1.29, 1.82) is 5.26 Å². The van der Waals surface area contributed by atoms with Gasteiger partial charge in [0.1, 0.15) is 0 Å². The predicted molar refractivity (Wildman–Crippen MR) is 287 cm³/mol. The second-order valence-electron chi connectivity index (χ2n) is 21.1. The third-order valence-corrected chi connectivity index (χ3v) is 16.3. The van der Waals surface area contributed by atoms with Crippen molar-refractivity contribution in [3.63, 3.8) is 0 Å². The monoisotopic (exact) mass is 896 g/mol. The molecule has 0 heterocycles. The maximum absolute atomic E-state index is 12.3. The third kappa shape index (κ3) is 5.90. The van der Waals surface area contributed by atoms with Crippen molar-refractivity contribution in [2.24, 2.45) is 0 Å². The lowest BCUT2D eigenvalue weighted by Gasteiger charge is -2.35. The Morgan fingerprint density at radius 2 is 0.514 bits per heavy atom. The highest BCUT2D eigenvalue weighted by Gasteiger charge is 2.47. The lowest BCUT2D eigenvalue weighted by molar-refractivity contribution is 0.844. The Kier molecular flexibility index (Phi) is 9.16. The van der Waals surface area contributed by atoms with Crippen molar-refractivity contribution in [2.75, 3.05) is 0 Å². The van der Waals surface area contributed by atoms with Crippen LogP contribution in [-0.2, 0) is 0 Å². The first-order valence-corrected chi connectivity index (χ1v) is 24.8. The minimum absolute atomic E-state index is 0.244. The summed E-state index contributed by atoms with van der Waals surface area (Å²) >= 11 is 0. The third-order valence-electron chi connectivity index (χ3n) is 16.3. The summed E-state index contributed by atoms with van der Waals surface area (Å²) in [6, 6.07) is 58.5. The standard InChI is InChI=1S/C68H52N2/c1-35-10-18-43-51(26-35)52-27-36(2)11-19-44(52)60(43)64-59(34-69)68(70-9)67(63-49-24-16-41(7)32-57(49)58-33-42(8)17-25-50(58)63)66(62-47-22-14-39(5)30-55(47)56-31-40(6)15-23-48(56)62)65(64)61-45-20-12-37(3)28-53(45)54-29-38(4)13-21-46(54)61/h10-33,60-63H,1-8H3. The van der Waals surface area contributed by atoms with E-state index in [1.165, 1.54) is 134 Å². The average Bonchev–Trinajstić information content (AvgIpc) is 4.03. The molecule has 13 rings (SSSR count). The van der Waals surface area contributed by atoms with Crippen molar-refractivity contribution < 1.29 is 0 Å². The molecule has 0 atom stereocenters. The number of hydrogen-bond donors (Lipinski definition) is 0. The molecule has 4 aliphatic rings. The fraction of sp³-hybridized carbons (Fsp3) is 0.176. The number of rotatable bonds is 4. The molecule has 0 aromatic heterocycles. The van der Waals surface area contributed by atoms with Gasteiger partial charge >= 0.3 is 0 Å². The topological polar surface area (TPSA) is 28.1 Å². The molecule has 70 heavy (non-hydrogen) atoms. The van der Waals surface area contributed by atoms with Crippen LogP contribution in [0.4, 0.5) is 5.69 Å². The van der Waals surface area contributed by atoms with Gasteiger partial charge in [-0.1, -0.05) is 190 Å². The van der Waals surface area contributed by atoms with Crippen LogP contribution >= 0.6 is 0 Å². The second kappa shape index (κ2) is 15.2. The number of nitrogens with zero attached hydrogens (tertiary/aromatic N) is 2. The minimum atomic E-state index is -0.308. The van der Waals surface area contributed by atoms with Crippen LogP contribution in [0, 0.1) is 73.3 Å². The SMILES string of the molecule is [C-]#[N+]c1c(C#N)c(C2c3ccc(C)cc3-c3cc(C)ccc32)c(C2c3ccc(C)cc3-c3cc(C)ccc32)c(C2c3ccc(C)cc3-c3cc(C)ccc32)c1C1c2ccc(C)cc2-c2cc(C)ccc21. The lowest BCUT2D eigenvalue weighted by atomic mass is 9.67. The minimum Gasteiger partial charge on any atom is -0.236 e. The van der Waals surface area contributed by atoms with E-state index >= 15 is 0 Å². The summed E-state index contributed by atoms with van der Waals surface area (Å²) in [5, 5.41) is 12.3. The smallest absolute Gasteiger partial charge is 0.209 e. The summed E-state index contributed by atoms with van der Waals surface area (Å²) in [4.78, 5) is 4.72. The highest BCUT2D eigenvalue weighted by molar-refractivity contribution is 5.93. The molecular formula is C68H52N2. The molecule has 4 aliphatic carbocycles. The molecule has 2 nitrogen and oxygen atoms in total. The summed E-state index contributed by atoms with van der Waals surface area (Å²) < 4.78 is 0. The highest BCUT2D eigenvalue weighted by Crippen LogP contribution is 2.64. The Balaban J connectivity index is 1.30. The molecule has 0 bridgehead atoms. The van der Waals surface area contributed by atoms with Gasteiger partial charge in [0, 0.05) is 23.7 Å². The number of fused-ring (bicyclic) bond motifs is 12. The van der Waals surface area contributed by atoms with E-state index in [-0.39, 0.29) is 23.7 Å². The lowest BCUT2D eigenvalue weighted by Crippen LogP contribution is -2.20. The van der Waals surface area contributed by atoms with Gasteiger partial charge in [0.15, 0.2) is 0 Å². The molecule has 0 saturated heterocycles. The Hall–Kier alpha value is -8.04. The fourth-order valence-corrected chi connectivity index (χ4v) is 13.4. The number of nitriles is 1. The van der Waals surface area contributed by atoms with E-state index in [1.54, 1.807) is 0 Å². The Labute approximate surface area is 412 Å². The molecule has 0 N–H and O–H groups in total. The number of benzene rings is 9. The van der Waals surface area contributed by atoms with E-state index in [0.717, 1.165) is 22.3 Å². The summed E-state index contributed by atoms with van der Waals surface area (Å²) in [6.07, 6.45) is 0. The van der Waals surface area contributed by atoms with Crippen molar-refractivity contribution in [3.05, 3.63) is 274 Å². The molecule has 9 aromatic rings. The Bertz CT molecular complexity index is 3460. The molecule has 0 aliphatic heterocycles. The average molecular weight is 897 g/mol. The van der Waals surface area contributed by atoms with E-state index < -0.39 is 0 Å². The van der Waals surface area contributed by atoms with E-state index in [0.29, 0.717) is 11.3 Å². The van der Waals surface area contributed by atoms with Crippen molar-refractivity contribution in [1.82, 2.24) is 0 Å². The van der Waals surface area contributed by atoms with Gasteiger partial charge in [-0.2, -0.15) is 5.26 Å². The Morgan fingerprint density at radius 1 is 0.314 bits per heavy atom. The fourth-order valence-electron chi connectivity index (χ4n) is 13.4. The largest absolute Gasteiger partial charge is 0.236 e. The predicted octanol–water partition coefficient (Wildman–Crippen LogP) is 17.2. The quantitative estimate of drug-likeness (QED) is 0.162. The van der Waals surface area contributed by atoms with Crippen LogP contribution in [0.1, 0.15) is 141 Å². The van der Waals surface area contributed by atoms with Crippen LogP contribution in [0.3, 0.4) is 0 Å². The van der Waals surface area contributed by atoms with Gasteiger partial charge < -0.3 is 0 Å². The van der Waals surface area contributed by atoms with Gasteiger partial charge in [-0.05, 0) is 167 Å². The molecule has 2 heteroatoms. The van der Waals surface area contributed by atoms with E-state index in [4.69, 9.17) is 4.85 Å². The molecular weight excluding hydrogens is 845 g/mol. The first-order chi connectivity index (χ1) is 33.9. The zero-order chi connectivity index (χ0) is 48.0. The van der Waals surface area contributed by atoms with Gasteiger partial charge in [0.2, 0.25) is 5.69 Å². The van der Waals surface area contributed by atoms with Crippen LogP contribution in [0.2, 0.25) is 0 Å². The maximum Gasteiger partial charge on any atom is 0.209 e. The van der Waals surface area contributed by atoms with Crippen LogP contribution in [0.25, 0.3) is 49.4 Å². The van der Waals surface area contributed by atoms with Gasteiger partial charge in [-0.3, -0.25) is 0 Å². The van der Waals surface area contributed by atoms with Gasteiger partial charge in [0.25, 0.3) is 0 Å². The summed E-state index contributed by atoms with van der Waals surface area (Å²) in [5.41, 5.74) is 34.4. The molecule has 0 unspecified atom stereocenters. The van der Waals surface area contributed by atoms with E-state index in [1.807, 2.05) is 0 Å². The first-order valence-electron chi connectivity index (χ1n) is 24.8. The normalized spacial score (nSPS) is 14.0. The van der Waals surface area contributed by atoms with Crippen LogP contribution < -0.4 is 0 Å². The van der Waals surface area contributed by atoms with Crippen LogP contribution in [0.5, 0.6) is 0 Å². The summed E-state index contributed by atoms with van der Waals surface area (Å²) in [7, 11) is 0. The number of hydrogen-bond acceptors (Lipinski definition) is 1. The number of aryl methyl sites for hydroxylation is 8. The molecule has 9 aromatic carbocycles. The molecule has 0 radical (unpaired) electrons. The highest BCUT2D eigenvalue weighted by atomic mass is 14.7. The maximum atomic E-state index is 12.3. The summed E-state index contributed by atoms with van der Waals surface area (Å²) in [6.45, 7) is 27.1. The van der Waals surface area contributed by atoms with Gasteiger partial charge in [-0.15, -0.1) is 0 Å². The van der Waals surface area contributed by atoms with E-state index in [9.17, 15) is 11.8 Å². The van der Waals surface area contributed by atoms with Crippen molar-refractivity contribution in [3.8, 4) is 50.6 Å². The first kappa shape index (κ1) is 42.1.